The van der Waals surface area contributed by atoms with Crippen LogP contribution in [0, 0.1) is 5.92 Å². The third-order valence-corrected chi connectivity index (χ3v) is 6.06. The Morgan fingerprint density at radius 3 is 2.61 bits per heavy atom. The third-order valence-electron chi connectivity index (χ3n) is 5.05. The van der Waals surface area contributed by atoms with Gasteiger partial charge in [-0.05, 0) is 42.5 Å². The highest BCUT2D eigenvalue weighted by molar-refractivity contribution is 7.14. The number of anilines is 2. The van der Waals surface area contributed by atoms with E-state index in [1.807, 2.05) is 17.5 Å². The number of amides is 2. The molecule has 0 aliphatic carbocycles. The van der Waals surface area contributed by atoms with Crippen LogP contribution in [0.4, 0.5) is 10.8 Å². The molecule has 9 heteroatoms. The number of nitrogens with one attached hydrogen (secondary N) is 1. The molecule has 7 nitrogen and oxygen atoms in total. The molecule has 0 spiro atoms. The van der Waals surface area contributed by atoms with E-state index in [-0.39, 0.29) is 18.2 Å². The zero-order valence-electron chi connectivity index (χ0n) is 16.9. The number of aromatic nitrogens is 1. The predicted octanol–water partition coefficient (Wildman–Crippen LogP) is 4.47. The second-order valence-electron chi connectivity index (χ2n) is 6.98. The normalized spacial score (nSPS) is 15.8. The molecule has 1 fully saturated rings. The summed E-state index contributed by atoms with van der Waals surface area (Å²) in [5.74, 6) is 0.471. The number of thiazole rings is 1. The number of rotatable bonds is 6. The standard InChI is InChI=1S/C22H20ClN3O4S/c1-29-18-8-3-13(9-19(18)30-2)17-12-31-22(24-17)25-21(28)14-10-20(27)26(11-14)16-6-4-15(23)5-7-16/h3-9,12,14H,10-11H2,1-2H3,(H,24,25,28). The summed E-state index contributed by atoms with van der Waals surface area (Å²) in [6.45, 7) is 0.320. The number of nitrogens with zero attached hydrogens (tertiary/aromatic N) is 2. The Bertz CT molecular complexity index is 1120. The molecule has 1 saturated heterocycles. The summed E-state index contributed by atoms with van der Waals surface area (Å²) >= 11 is 7.24. The van der Waals surface area contributed by atoms with Crippen LogP contribution >= 0.6 is 22.9 Å². The third kappa shape index (κ3) is 4.50. The average Bonchev–Trinajstić information content (AvgIpc) is 3.40. The van der Waals surface area contributed by atoms with Gasteiger partial charge in [0, 0.05) is 34.6 Å². The lowest BCUT2D eigenvalue weighted by Gasteiger charge is -2.16. The number of carbonyl (C=O) groups is 2. The second kappa shape index (κ2) is 8.95. The molecule has 4 rings (SSSR count). The number of hydrogen-bond donors (Lipinski definition) is 1. The minimum absolute atomic E-state index is 0.0902. The number of benzene rings is 2. The fourth-order valence-electron chi connectivity index (χ4n) is 3.42. The molecule has 0 bridgehead atoms. The van der Waals surface area contributed by atoms with Crippen molar-refractivity contribution in [2.24, 2.45) is 5.92 Å². The van der Waals surface area contributed by atoms with Crippen molar-refractivity contribution in [2.45, 2.75) is 6.42 Å². The van der Waals surface area contributed by atoms with E-state index in [1.54, 1.807) is 49.5 Å². The molecule has 2 amide bonds. The van der Waals surface area contributed by atoms with E-state index in [2.05, 4.69) is 10.3 Å². The van der Waals surface area contributed by atoms with Gasteiger partial charge in [0.25, 0.3) is 0 Å². The molecule has 1 N–H and O–H groups in total. The summed E-state index contributed by atoms with van der Waals surface area (Å²) in [6.07, 6.45) is 0.155. The van der Waals surface area contributed by atoms with Crippen molar-refractivity contribution in [3.05, 3.63) is 52.9 Å². The first-order chi connectivity index (χ1) is 15.0. The molecule has 31 heavy (non-hydrogen) atoms. The zero-order chi connectivity index (χ0) is 22.0. The molecule has 1 atom stereocenters. The Labute approximate surface area is 188 Å². The maximum absolute atomic E-state index is 12.7. The van der Waals surface area contributed by atoms with E-state index in [1.165, 1.54) is 11.3 Å². The second-order valence-corrected chi connectivity index (χ2v) is 8.27. The van der Waals surface area contributed by atoms with Crippen LogP contribution in [0.2, 0.25) is 5.02 Å². The van der Waals surface area contributed by atoms with Gasteiger partial charge in [-0.3, -0.25) is 9.59 Å². The number of ether oxygens (including phenoxy) is 2. The summed E-state index contributed by atoms with van der Waals surface area (Å²) in [5.41, 5.74) is 2.29. The smallest absolute Gasteiger partial charge is 0.231 e. The van der Waals surface area contributed by atoms with Crippen LogP contribution in [-0.4, -0.2) is 37.6 Å². The summed E-state index contributed by atoms with van der Waals surface area (Å²) < 4.78 is 10.6. The lowest BCUT2D eigenvalue weighted by atomic mass is 10.1. The van der Waals surface area contributed by atoms with Crippen molar-refractivity contribution in [2.75, 3.05) is 31.0 Å². The van der Waals surface area contributed by atoms with Crippen LogP contribution in [-0.2, 0) is 9.59 Å². The SMILES string of the molecule is COc1ccc(-c2csc(NC(=O)C3CC(=O)N(c4ccc(Cl)cc4)C3)n2)cc1OC. The topological polar surface area (TPSA) is 80.8 Å². The highest BCUT2D eigenvalue weighted by Crippen LogP contribution is 2.34. The molecule has 3 aromatic rings. The highest BCUT2D eigenvalue weighted by Gasteiger charge is 2.35. The minimum Gasteiger partial charge on any atom is -0.493 e. The van der Waals surface area contributed by atoms with Gasteiger partial charge in [0.2, 0.25) is 11.8 Å². The van der Waals surface area contributed by atoms with E-state index < -0.39 is 5.92 Å². The van der Waals surface area contributed by atoms with E-state index in [4.69, 9.17) is 21.1 Å². The van der Waals surface area contributed by atoms with Crippen molar-refractivity contribution < 1.29 is 19.1 Å². The summed E-state index contributed by atoms with van der Waals surface area (Å²) in [7, 11) is 3.15. The first-order valence-corrected chi connectivity index (χ1v) is 10.8. The monoisotopic (exact) mass is 457 g/mol. The van der Waals surface area contributed by atoms with Crippen molar-refractivity contribution >= 4 is 45.6 Å². The number of halogens is 1. The Balaban J connectivity index is 1.43. The number of hydrogen-bond acceptors (Lipinski definition) is 6. The fourth-order valence-corrected chi connectivity index (χ4v) is 4.27. The van der Waals surface area contributed by atoms with Gasteiger partial charge >= 0.3 is 0 Å². The first kappa shape index (κ1) is 21.1. The Kier molecular flexibility index (Phi) is 6.11. The van der Waals surface area contributed by atoms with Crippen molar-refractivity contribution in [1.82, 2.24) is 4.98 Å². The number of methoxy groups -OCH3 is 2. The Morgan fingerprint density at radius 2 is 1.90 bits per heavy atom. The molecule has 1 unspecified atom stereocenters. The number of carbonyl (C=O) groups excluding carboxylic acids is 2. The van der Waals surface area contributed by atoms with Gasteiger partial charge in [0.05, 0.1) is 25.8 Å². The fraction of sp³-hybridized carbons (Fsp3) is 0.227. The predicted molar refractivity (Wildman–Crippen MR) is 121 cm³/mol. The lowest BCUT2D eigenvalue weighted by Crippen LogP contribution is -2.28. The largest absolute Gasteiger partial charge is 0.493 e. The van der Waals surface area contributed by atoms with Crippen molar-refractivity contribution in [3.8, 4) is 22.8 Å². The van der Waals surface area contributed by atoms with Crippen LogP contribution in [0.25, 0.3) is 11.3 Å². The van der Waals surface area contributed by atoms with Crippen LogP contribution in [0.5, 0.6) is 11.5 Å². The van der Waals surface area contributed by atoms with Crippen LogP contribution in [0.3, 0.4) is 0 Å². The molecule has 2 heterocycles. The molecule has 0 radical (unpaired) electrons. The summed E-state index contributed by atoms with van der Waals surface area (Å²) in [4.78, 5) is 31.3. The van der Waals surface area contributed by atoms with Crippen LogP contribution in [0.1, 0.15) is 6.42 Å². The average molecular weight is 458 g/mol. The zero-order valence-corrected chi connectivity index (χ0v) is 18.5. The molecule has 0 saturated carbocycles. The van der Waals surface area contributed by atoms with Crippen LogP contribution in [0.15, 0.2) is 47.8 Å². The van der Waals surface area contributed by atoms with E-state index in [0.29, 0.717) is 33.9 Å². The van der Waals surface area contributed by atoms with Gasteiger partial charge in [0.15, 0.2) is 16.6 Å². The van der Waals surface area contributed by atoms with E-state index >= 15 is 0 Å². The maximum atomic E-state index is 12.7. The quantitative estimate of drug-likeness (QED) is 0.590. The van der Waals surface area contributed by atoms with Crippen LogP contribution < -0.4 is 19.7 Å². The molecular formula is C22H20ClN3O4S. The van der Waals surface area contributed by atoms with Gasteiger partial charge in [-0.2, -0.15) is 0 Å². The first-order valence-electron chi connectivity index (χ1n) is 9.53. The molecule has 160 valence electrons. The molecule has 1 aliphatic rings. The van der Waals surface area contributed by atoms with Gasteiger partial charge in [-0.1, -0.05) is 11.6 Å². The Hall–Kier alpha value is -3.10. The molecular weight excluding hydrogens is 438 g/mol. The van der Waals surface area contributed by atoms with Gasteiger partial charge in [-0.25, -0.2) is 4.98 Å². The van der Waals surface area contributed by atoms with Gasteiger partial charge < -0.3 is 19.7 Å². The van der Waals surface area contributed by atoms with E-state index in [0.717, 1.165) is 11.3 Å². The van der Waals surface area contributed by atoms with E-state index in [9.17, 15) is 9.59 Å². The summed E-state index contributed by atoms with van der Waals surface area (Å²) in [5, 5.41) is 5.77. The molecule has 1 aliphatic heterocycles. The van der Waals surface area contributed by atoms with Crippen molar-refractivity contribution in [3.63, 3.8) is 0 Å². The minimum atomic E-state index is -0.448. The van der Waals surface area contributed by atoms with Gasteiger partial charge in [-0.15, -0.1) is 11.3 Å². The molecule has 2 aromatic carbocycles. The highest BCUT2D eigenvalue weighted by atomic mass is 35.5. The maximum Gasteiger partial charge on any atom is 0.231 e. The Morgan fingerprint density at radius 1 is 1.16 bits per heavy atom. The summed E-state index contributed by atoms with van der Waals surface area (Å²) in [6, 6.07) is 12.5. The van der Waals surface area contributed by atoms with Crippen molar-refractivity contribution in [1.29, 1.82) is 0 Å². The lowest BCUT2D eigenvalue weighted by molar-refractivity contribution is -0.122. The molecule has 1 aromatic heterocycles. The van der Waals surface area contributed by atoms with Gasteiger partial charge in [0.1, 0.15) is 0 Å².